The highest BCUT2D eigenvalue weighted by Gasteiger charge is 2.45. The second kappa shape index (κ2) is 6.06. The number of hydrogen-bond donors (Lipinski definition) is 2. The summed E-state index contributed by atoms with van der Waals surface area (Å²) in [6.07, 6.45) is 1.29. The van der Waals surface area contributed by atoms with Crippen molar-refractivity contribution in [1.29, 1.82) is 0 Å². The van der Waals surface area contributed by atoms with E-state index in [1.807, 2.05) is 38.1 Å². The van der Waals surface area contributed by atoms with E-state index in [9.17, 15) is 9.59 Å². The molecule has 0 spiro atoms. The average Bonchev–Trinajstić information content (AvgIpc) is 3.16. The minimum absolute atomic E-state index is 0.00429. The zero-order valence-corrected chi connectivity index (χ0v) is 13.0. The van der Waals surface area contributed by atoms with Gasteiger partial charge in [-0.2, -0.15) is 0 Å². The van der Waals surface area contributed by atoms with Crippen molar-refractivity contribution in [2.75, 3.05) is 0 Å². The summed E-state index contributed by atoms with van der Waals surface area (Å²) in [6, 6.07) is 7.59. The predicted octanol–water partition coefficient (Wildman–Crippen LogP) is 3.20. The van der Waals surface area contributed by atoms with E-state index in [2.05, 4.69) is 5.32 Å². The van der Waals surface area contributed by atoms with Gasteiger partial charge in [0, 0.05) is 22.9 Å². The number of benzene rings is 1. The summed E-state index contributed by atoms with van der Waals surface area (Å²) in [7, 11) is 0. The normalized spacial score (nSPS) is 20.9. The topological polar surface area (TPSA) is 66.4 Å². The lowest BCUT2D eigenvalue weighted by molar-refractivity contribution is -0.138. The molecule has 4 nitrogen and oxygen atoms in total. The van der Waals surface area contributed by atoms with E-state index in [-0.39, 0.29) is 24.2 Å². The highest BCUT2D eigenvalue weighted by atomic mass is 35.5. The summed E-state index contributed by atoms with van der Waals surface area (Å²) >= 11 is 5.97. The van der Waals surface area contributed by atoms with Crippen molar-refractivity contribution in [2.45, 2.75) is 44.6 Å². The first-order valence-electron chi connectivity index (χ1n) is 7.08. The standard InChI is InChI=1S/C16H20ClNO3/c1-16(2,7-6-14(19)20)18-15(21)13-9-12(13)10-4-3-5-11(17)8-10/h3-5,8,12-13H,6-7,9H2,1-2H3,(H,18,21)(H,19,20). The number of carboxylic acid groups (broad SMARTS) is 1. The van der Waals surface area contributed by atoms with Crippen molar-refractivity contribution in [3.8, 4) is 0 Å². The van der Waals surface area contributed by atoms with Crippen molar-refractivity contribution < 1.29 is 14.7 Å². The summed E-state index contributed by atoms with van der Waals surface area (Å²) < 4.78 is 0. The van der Waals surface area contributed by atoms with E-state index in [1.54, 1.807) is 0 Å². The van der Waals surface area contributed by atoms with E-state index < -0.39 is 11.5 Å². The third-order valence-electron chi connectivity index (χ3n) is 3.83. The number of halogens is 1. The van der Waals surface area contributed by atoms with Crippen LogP contribution in [0.2, 0.25) is 5.02 Å². The van der Waals surface area contributed by atoms with Crippen LogP contribution in [0.3, 0.4) is 0 Å². The second-order valence-corrected chi connectivity index (χ2v) is 6.71. The Morgan fingerprint density at radius 1 is 1.43 bits per heavy atom. The minimum atomic E-state index is -0.847. The number of rotatable bonds is 6. The molecule has 21 heavy (non-hydrogen) atoms. The molecule has 0 bridgehead atoms. The molecule has 1 aliphatic rings. The van der Waals surface area contributed by atoms with Gasteiger partial charge in [0.15, 0.2) is 0 Å². The quantitative estimate of drug-likeness (QED) is 0.848. The van der Waals surface area contributed by atoms with Gasteiger partial charge in [0.25, 0.3) is 0 Å². The lowest BCUT2D eigenvalue weighted by Gasteiger charge is -2.25. The molecule has 1 fully saturated rings. The van der Waals surface area contributed by atoms with Crippen LogP contribution in [0, 0.1) is 5.92 Å². The number of amides is 1. The van der Waals surface area contributed by atoms with Crippen LogP contribution in [-0.4, -0.2) is 22.5 Å². The van der Waals surface area contributed by atoms with Crippen LogP contribution >= 0.6 is 11.6 Å². The molecule has 2 unspecified atom stereocenters. The van der Waals surface area contributed by atoms with Crippen molar-refractivity contribution in [3.63, 3.8) is 0 Å². The molecule has 1 amide bonds. The smallest absolute Gasteiger partial charge is 0.303 e. The molecule has 0 aliphatic heterocycles. The first-order chi connectivity index (χ1) is 9.78. The Bertz CT molecular complexity index is 556. The fraction of sp³-hybridized carbons (Fsp3) is 0.500. The molecule has 114 valence electrons. The number of hydrogen-bond acceptors (Lipinski definition) is 2. The van der Waals surface area contributed by atoms with Crippen LogP contribution in [0.1, 0.15) is 44.6 Å². The zero-order valence-electron chi connectivity index (χ0n) is 12.2. The maximum absolute atomic E-state index is 12.2. The highest BCUT2D eigenvalue weighted by Crippen LogP contribution is 2.48. The number of carbonyl (C=O) groups is 2. The van der Waals surface area contributed by atoms with Crippen LogP contribution in [-0.2, 0) is 9.59 Å². The van der Waals surface area contributed by atoms with Gasteiger partial charge in [0.2, 0.25) is 5.91 Å². The summed E-state index contributed by atoms with van der Waals surface area (Å²) in [4.78, 5) is 22.9. The van der Waals surface area contributed by atoms with E-state index in [1.165, 1.54) is 0 Å². The molecule has 1 aromatic carbocycles. The molecular weight excluding hydrogens is 290 g/mol. The second-order valence-electron chi connectivity index (χ2n) is 6.27. The van der Waals surface area contributed by atoms with Crippen LogP contribution in [0.25, 0.3) is 0 Å². The number of aliphatic carboxylic acids is 1. The van der Waals surface area contributed by atoms with Crippen molar-refractivity contribution in [1.82, 2.24) is 5.32 Å². The van der Waals surface area contributed by atoms with E-state index in [4.69, 9.17) is 16.7 Å². The molecule has 0 aromatic heterocycles. The first kappa shape index (κ1) is 15.8. The largest absolute Gasteiger partial charge is 0.481 e. The van der Waals surface area contributed by atoms with E-state index in [0.717, 1.165) is 12.0 Å². The molecule has 2 atom stereocenters. The summed E-state index contributed by atoms with van der Waals surface area (Å²) in [6.45, 7) is 3.70. The summed E-state index contributed by atoms with van der Waals surface area (Å²) in [5.41, 5.74) is 0.586. The Balaban J connectivity index is 1.89. The molecule has 0 heterocycles. The third kappa shape index (κ3) is 4.46. The molecular formula is C16H20ClNO3. The predicted molar refractivity (Wildman–Crippen MR) is 81.4 cm³/mol. The molecule has 2 rings (SSSR count). The average molecular weight is 310 g/mol. The highest BCUT2D eigenvalue weighted by molar-refractivity contribution is 6.30. The molecule has 0 radical (unpaired) electrons. The molecule has 0 saturated heterocycles. The number of carbonyl (C=O) groups excluding carboxylic acids is 1. The molecule has 1 aromatic rings. The van der Waals surface area contributed by atoms with Gasteiger partial charge in [-0.15, -0.1) is 0 Å². The summed E-state index contributed by atoms with van der Waals surface area (Å²) in [5, 5.41) is 12.4. The molecule has 5 heteroatoms. The Hall–Kier alpha value is -1.55. The zero-order chi connectivity index (χ0) is 15.6. The lowest BCUT2D eigenvalue weighted by atomic mass is 9.98. The third-order valence-corrected chi connectivity index (χ3v) is 4.06. The van der Waals surface area contributed by atoms with Gasteiger partial charge in [-0.05, 0) is 50.3 Å². The maximum Gasteiger partial charge on any atom is 0.303 e. The Kier molecular flexibility index (Phi) is 4.57. The van der Waals surface area contributed by atoms with Crippen LogP contribution in [0.4, 0.5) is 0 Å². The molecule has 1 saturated carbocycles. The van der Waals surface area contributed by atoms with Gasteiger partial charge in [-0.1, -0.05) is 23.7 Å². The van der Waals surface area contributed by atoms with Crippen molar-refractivity contribution in [3.05, 3.63) is 34.9 Å². The monoisotopic (exact) mass is 309 g/mol. The van der Waals surface area contributed by atoms with Gasteiger partial charge >= 0.3 is 5.97 Å². The number of carboxylic acids is 1. The number of nitrogens with one attached hydrogen (secondary N) is 1. The SMILES string of the molecule is CC(C)(CCC(=O)O)NC(=O)C1CC1c1cccc(Cl)c1. The van der Waals surface area contributed by atoms with Gasteiger partial charge in [0.1, 0.15) is 0 Å². The molecule has 1 aliphatic carbocycles. The van der Waals surface area contributed by atoms with E-state index in [0.29, 0.717) is 11.4 Å². The molecule has 2 N–H and O–H groups in total. The summed E-state index contributed by atoms with van der Waals surface area (Å²) in [5.74, 6) is -0.664. The van der Waals surface area contributed by atoms with Crippen molar-refractivity contribution >= 4 is 23.5 Å². The van der Waals surface area contributed by atoms with E-state index >= 15 is 0 Å². The van der Waals surface area contributed by atoms with Crippen LogP contribution < -0.4 is 5.32 Å². The fourth-order valence-corrected chi connectivity index (χ4v) is 2.70. The maximum atomic E-state index is 12.2. The fourth-order valence-electron chi connectivity index (χ4n) is 2.50. The van der Waals surface area contributed by atoms with Gasteiger partial charge in [-0.3, -0.25) is 9.59 Å². The van der Waals surface area contributed by atoms with Gasteiger partial charge < -0.3 is 10.4 Å². The Morgan fingerprint density at radius 2 is 2.14 bits per heavy atom. The van der Waals surface area contributed by atoms with Gasteiger partial charge in [-0.25, -0.2) is 0 Å². The lowest BCUT2D eigenvalue weighted by Crippen LogP contribution is -2.44. The first-order valence-corrected chi connectivity index (χ1v) is 7.45. The minimum Gasteiger partial charge on any atom is -0.481 e. The van der Waals surface area contributed by atoms with Crippen molar-refractivity contribution in [2.24, 2.45) is 5.92 Å². The van der Waals surface area contributed by atoms with Crippen LogP contribution in [0.15, 0.2) is 24.3 Å². The van der Waals surface area contributed by atoms with Gasteiger partial charge in [0.05, 0.1) is 0 Å². The van der Waals surface area contributed by atoms with Crippen LogP contribution in [0.5, 0.6) is 0 Å². The Morgan fingerprint density at radius 3 is 2.76 bits per heavy atom. The Labute approximate surface area is 129 Å².